The van der Waals surface area contributed by atoms with Crippen LogP contribution in [0.3, 0.4) is 0 Å². The minimum atomic E-state index is 0.283. The predicted molar refractivity (Wildman–Crippen MR) is 83.0 cm³/mol. The average Bonchev–Trinajstić information content (AvgIpc) is 2.54. The van der Waals surface area contributed by atoms with Gasteiger partial charge in [-0.1, -0.05) is 25.1 Å². The first-order chi connectivity index (χ1) is 10.3. The van der Waals surface area contributed by atoms with Gasteiger partial charge in [-0.25, -0.2) is 0 Å². The highest BCUT2D eigenvalue weighted by Crippen LogP contribution is 2.23. The maximum atomic E-state index is 11.2. The summed E-state index contributed by atoms with van der Waals surface area (Å²) in [7, 11) is 0. The molecular formula is C18H20O3. The Morgan fingerprint density at radius 2 is 1.52 bits per heavy atom. The molecule has 0 aromatic heterocycles. The fraction of sp³-hybridized carbons (Fsp3) is 0.278. The van der Waals surface area contributed by atoms with Gasteiger partial charge >= 0.3 is 0 Å². The molecule has 0 aliphatic carbocycles. The lowest BCUT2D eigenvalue weighted by atomic mass is 10.2. The van der Waals surface area contributed by atoms with E-state index in [-0.39, 0.29) is 5.78 Å². The number of hydrogen-bond donors (Lipinski definition) is 0. The molecule has 0 saturated carbocycles. The Balaban J connectivity index is 1.78. The summed E-state index contributed by atoms with van der Waals surface area (Å²) in [5.74, 6) is 2.66. The third-order valence-electron chi connectivity index (χ3n) is 3.07. The van der Waals surface area contributed by atoms with E-state index in [0.717, 1.165) is 23.7 Å². The van der Waals surface area contributed by atoms with Crippen LogP contribution in [0, 0.1) is 0 Å². The van der Waals surface area contributed by atoms with Crippen LogP contribution < -0.4 is 9.47 Å². The standard InChI is InChI=1S/C18H20O3/c1-2-15(19)7-6-14-20-16-10-12-18(13-11-16)21-17-8-4-3-5-9-17/h3-5,8-13H,2,6-7,14H2,1H3. The summed E-state index contributed by atoms with van der Waals surface area (Å²) in [6, 6.07) is 17.1. The Morgan fingerprint density at radius 1 is 0.905 bits per heavy atom. The van der Waals surface area contributed by atoms with Crippen LogP contribution in [0.5, 0.6) is 17.2 Å². The van der Waals surface area contributed by atoms with Crippen LogP contribution in [0.15, 0.2) is 54.6 Å². The summed E-state index contributed by atoms with van der Waals surface area (Å²) in [6.45, 7) is 2.44. The third-order valence-corrected chi connectivity index (χ3v) is 3.07. The lowest BCUT2D eigenvalue weighted by molar-refractivity contribution is -0.118. The van der Waals surface area contributed by atoms with Gasteiger partial charge in [-0.2, -0.15) is 0 Å². The molecule has 0 heterocycles. The van der Waals surface area contributed by atoms with Gasteiger partial charge < -0.3 is 9.47 Å². The normalized spacial score (nSPS) is 10.1. The van der Waals surface area contributed by atoms with E-state index in [2.05, 4.69) is 0 Å². The quantitative estimate of drug-likeness (QED) is 0.664. The number of carbonyl (C=O) groups excluding carboxylic acids is 1. The molecule has 2 aromatic carbocycles. The van der Waals surface area contributed by atoms with Crippen molar-refractivity contribution in [3.8, 4) is 17.2 Å². The van der Waals surface area contributed by atoms with Crippen molar-refractivity contribution < 1.29 is 14.3 Å². The molecule has 0 radical (unpaired) electrons. The smallest absolute Gasteiger partial charge is 0.132 e. The summed E-state index contributed by atoms with van der Waals surface area (Å²) < 4.78 is 11.3. The summed E-state index contributed by atoms with van der Waals surface area (Å²) in [5.41, 5.74) is 0. The number of Topliss-reactive ketones (excluding diaryl/α,β-unsaturated/α-hetero) is 1. The van der Waals surface area contributed by atoms with Gasteiger partial charge in [-0.3, -0.25) is 4.79 Å². The number of para-hydroxylation sites is 1. The first kappa shape index (κ1) is 15.1. The Hall–Kier alpha value is -2.29. The van der Waals surface area contributed by atoms with Gasteiger partial charge in [0.15, 0.2) is 0 Å². The third kappa shape index (κ3) is 5.30. The van der Waals surface area contributed by atoms with E-state index >= 15 is 0 Å². The first-order valence-corrected chi connectivity index (χ1v) is 7.25. The molecule has 21 heavy (non-hydrogen) atoms. The maximum Gasteiger partial charge on any atom is 0.132 e. The van der Waals surface area contributed by atoms with Gasteiger partial charge in [-0.05, 0) is 42.8 Å². The molecule has 2 rings (SSSR count). The van der Waals surface area contributed by atoms with E-state index in [0.29, 0.717) is 19.4 Å². The van der Waals surface area contributed by atoms with Crippen molar-refractivity contribution in [3.63, 3.8) is 0 Å². The van der Waals surface area contributed by atoms with E-state index in [1.807, 2.05) is 61.5 Å². The van der Waals surface area contributed by atoms with E-state index < -0.39 is 0 Å². The van der Waals surface area contributed by atoms with Crippen molar-refractivity contribution in [2.24, 2.45) is 0 Å². The van der Waals surface area contributed by atoms with E-state index in [9.17, 15) is 4.79 Å². The van der Waals surface area contributed by atoms with Gasteiger partial charge in [0.05, 0.1) is 6.61 Å². The molecule has 0 atom stereocenters. The van der Waals surface area contributed by atoms with Gasteiger partial charge in [0.2, 0.25) is 0 Å². The Bertz CT molecular complexity index is 546. The summed E-state index contributed by atoms with van der Waals surface area (Å²) in [5, 5.41) is 0. The zero-order valence-corrected chi connectivity index (χ0v) is 12.2. The maximum absolute atomic E-state index is 11.2. The van der Waals surface area contributed by atoms with Crippen molar-refractivity contribution in [1.82, 2.24) is 0 Å². The summed E-state index contributed by atoms with van der Waals surface area (Å²) >= 11 is 0. The summed E-state index contributed by atoms with van der Waals surface area (Å²) in [4.78, 5) is 11.2. The number of ether oxygens (including phenoxy) is 2. The molecule has 110 valence electrons. The van der Waals surface area contributed by atoms with Gasteiger partial charge in [0, 0.05) is 12.8 Å². The van der Waals surface area contributed by atoms with Gasteiger partial charge in [0.25, 0.3) is 0 Å². The van der Waals surface area contributed by atoms with Crippen LogP contribution >= 0.6 is 0 Å². The molecule has 0 bridgehead atoms. The van der Waals surface area contributed by atoms with Crippen molar-refractivity contribution in [2.45, 2.75) is 26.2 Å². The molecule has 0 N–H and O–H groups in total. The summed E-state index contributed by atoms with van der Waals surface area (Å²) in [6.07, 6.45) is 1.95. The molecule has 0 aliphatic heterocycles. The van der Waals surface area contributed by atoms with Crippen LogP contribution in [0.1, 0.15) is 26.2 Å². The second-order valence-corrected chi connectivity index (χ2v) is 4.73. The topological polar surface area (TPSA) is 35.5 Å². The van der Waals surface area contributed by atoms with Crippen LogP contribution in [0.2, 0.25) is 0 Å². The molecule has 0 fully saturated rings. The number of rotatable bonds is 8. The molecule has 0 saturated heterocycles. The van der Waals surface area contributed by atoms with Crippen LogP contribution in [0.4, 0.5) is 0 Å². The zero-order valence-electron chi connectivity index (χ0n) is 12.2. The second kappa shape index (κ2) is 8.10. The van der Waals surface area contributed by atoms with E-state index in [4.69, 9.17) is 9.47 Å². The molecule has 3 nitrogen and oxygen atoms in total. The number of carbonyl (C=O) groups is 1. The van der Waals surface area contributed by atoms with Crippen molar-refractivity contribution in [1.29, 1.82) is 0 Å². The van der Waals surface area contributed by atoms with Crippen LogP contribution in [0.25, 0.3) is 0 Å². The Labute approximate surface area is 125 Å². The molecule has 0 spiro atoms. The van der Waals surface area contributed by atoms with E-state index in [1.165, 1.54) is 0 Å². The predicted octanol–water partition coefficient (Wildman–Crippen LogP) is 4.62. The SMILES string of the molecule is CCC(=O)CCCOc1ccc(Oc2ccccc2)cc1. The lowest BCUT2D eigenvalue weighted by Gasteiger charge is -2.08. The fourth-order valence-corrected chi connectivity index (χ4v) is 1.86. The Kier molecular flexibility index (Phi) is 5.83. The minimum absolute atomic E-state index is 0.283. The molecule has 0 unspecified atom stereocenters. The van der Waals surface area contributed by atoms with Crippen molar-refractivity contribution in [2.75, 3.05) is 6.61 Å². The fourth-order valence-electron chi connectivity index (χ4n) is 1.86. The van der Waals surface area contributed by atoms with E-state index in [1.54, 1.807) is 0 Å². The van der Waals surface area contributed by atoms with Gasteiger partial charge in [-0.15, -0.1) is 0 Å². The Morgan fingerprint density at radius 3 is 2.19 bits per heavy atom. The second-order valence-electron chi connectivity index (χ2n) is 4.73. The van der Waals surface area contributed by atoms with Crippen molar-refractivity contribution >= 4 is 5.78 Å². The number of hydrogen-bond acceptors (Lipinski definition) is 3. The van der Waals surface area contributed by atoms with Gasteiger partial charge in [0.1, 0.15) is 23.0 Å². The molecular weight excluding hydrogens is 264 g/mol. The molecule has 3 heteroatoms. The van der Waals surface area contributed by atoms with Crippen LogP contribution in [-0.4, -0.2) is 12.4 Å². The van der Waals surface area contributed by atoms with Crippen molar-refractivity contribution in [3.05, 3.63) is 54.6 Å². The highest BCUT2D eigenvalue weighted by molar-refractivity contribution is 5.77. The lowest BCUT2D eigenvalue weighted by Crippen LogP contribution is -2.02. The minimum Gasteiger partial charge on any atom is -0.494 e. The monoisotopic (exact) mass is 284 g/mol. The largest absolute Gasteiger partial charge is 0.494 e. The highest BCUT2D eigenvalue weighted by Gasteiger charge is 2.00. The number of benzene rings is 2. The average molecular weight is 284 g/mol. The molecule has 2 aromatic rings. The zero-order chi connectivity index (χ0) is 14.9. The molecule has 0 aliphatic rings. The first-order valence-electron chi connectivity index (χ1n) is 7.25. The highest BCUT2D eigenvalue weighted by atomic mass is 16.5. The molecule has 0 amide bonds. The van der Waals surface area contributed by atoms with Crippen LogP contribution in [-0.2, 0) is 4.79 Å². The number of ketones is 1.